The van der Waals surface area contributed by atoms with E-state index in [-0.39, 0.29) is 5.41 Å². The molecule has 0 aliphatic heterocycles. The first-order valence-corrected chi connectivity index (χ1v) is 7.85. The number of phenolic OH excluding ortho intramolecular Hbond substituents is 1. The molecule has 2 aliphatic carbocycles. The number of hydrogen-bond donors (Lipinski definition) is 1. The van der Waals surface area contributed by atoms with Crippen LogP contribution < -0.4 is 0 Å². The van der Waals surface area contributed by atoms with E-state index in [0.29, 0.717) is 11.2 Å². The van der Waals surface area contributed by atoms with Crippen LogP contribution in [0.3, 0.4) is 0 Å². The van der Waals surface area contributed by atoms with Crippen molar-refractivity contribution in [3.8, 4) is 5.75 Å². The van der Waals surface area contributed by atoms with Crippen molar-refractivity contribution in [3.05, 3.63) is 41.5 Å². The molecule has 0 amide bonds. The quantitative estimate of drug-likeness (QED) is 0.720. The van der Waals surface area contributed by atoms with E-state index in [1.54, 1.807) is 0 Å². The van der Waals surface area contributed by atoms with E-state index in [0.717, 1.165) is 17.9 Å². The Balaban J connectivity index is 2.05. The molecule has 1 heteroatoms. The number of benzene rings is 1. The van der Waals surface area contributed by atoms with Gasteiger partial charge in [-0.1, -0.05) is 26.0 Å². The van der Waals surface area contributed by atoms with E-state index in [1.807, 2.05) is 6.07 Å². The minimum atomic E-state index is 0.286. The van der Waals surface area contributed by atoms with Crippen LogP contribution in [0.15, 0.2) is 24.8 Å². The number of allylic oxidation sites excluding steroid dienone is 1. The van der Waals surface area contributed by atoms with Crippen molar-refractivity contribution in [2.24, 2.45) is 11.3 Å². The van der Waals surface area contributed by atoms with Gasteiger partial charge < -0.3 is 5.11 Å². The third-order valence-corrected chi connectivity index (χ3v) is 6.25. The highest BCUT2D eigenvalue weighted by Crippen LogP contribution is 2.55. The van der Waals surface area contributed by atoms with Crippen molar-refractivity contribution in [2.75, 3.05) is 0 Å². The Kier molecular flexibility index (Phi) is 3.00. The molecule has 3 atom stereocenters. The van der Waals surface area contributed by atoms with Gasteiger partial charge in [-0.05, 0) is 78.5 Å². The van der Waals surface area contributed by atoms with Crippen LogP contribution >= 0.6 is 0 Å². The van der Waals surface area contributed by atoms with E-state index in [2.05, 4.69) is 39.5 Å². The second-order valence-electron chi connectivity index (χ2n) is 7.45. The van der Waals surface area contributed by atoms with E-state index in [1.165, 1.54) is 36.8 Å². The molecule has 3 rings (SSSR count). The molecule has 1 aromatic rings. The zero-order valence-electron chi connectivity index (χ0n) is 13.0. The zero-order chi connectivity index (χ0) is 14.5. The maximum atomic E-state index is 9.96. The van der Waals surface area contributed by atoms with Crippen LogP contribution in [0.1, 0.15) is 56.2 Å². The summed E-state index contributed by atoms with van der Waals surface area (Å²) in [7, 11) is 0. The predicted octanol–water partition coefficient (Wildman–Crippen LogP) is 4.90. The molecule has 0 saturated heterocycles. The molecule has 0 spiro atoms. The van der Waals surface area contributed by atoms with Gasteiger partial charge in [0.15, 0.2) is 0 Å². The lowest BCUT2D eigenvalue weighted by Crippen LogP contribution is -2.44. The summed E-state index contributed by atoms with van der Waals surface area (Å²) in [5, 5.41) is 9.96. The summed E-state index contributed by atoms with van der Waals surface area (Å²) in [6.45, 7) is 10.9. The minimum Gasteiger partial charge on any atom is -0.508 e. The van der Waals surface area contributed by atoms with Gasteiger partial charge in [-0.25, -0.2) is 0 Å². The van der Waals surface area contributed by atoms with Crippen molar-refractivity contribution in [3.63, 3.8) is 0 Å². The van der Waals surface area contributed by atoms with Gasteiger partial charge in [0.1, 0.15) is 5.75 Å². The van der Waals surface area contributed by atoms with Crippen LogP contribution in [0.25, 0.3) is 0 Å². The Labute approximate surface area is 122 Å². The fourth-order valence-corrected chi connectivity index (χ4v) is 4.52. The standard InChI is InChI=1S/C19H26O/c1-5-18(3)10-11-19(4)14(12-18)6-7-15-13(2)17(20)9-8-16(15)19/h5,8-9,14,20H,1,6-7,10-12H2,2-4H3. The highest BCUT2D eigenvalue weighted by atomic mass is 16.3. The first-order valence-electron chi connectivity index (χ1n) is 7.85. The molecule has 1 N–H and O–H groups in total. The van der Waals surface area contributed by atoms with Crippen LogP contribution in [-0.4, -0.2) is 5.11 Å². The van der Waals surface area contributed by atoms with E-state index in [4.69, 9.17) is 0 Å². The second-order valence-corrected chi connectivity index (χ2v) is 7.45. The van der Waals surface area contributed by atoms with E-state index < -0.39 is 0 Å². The summed E-state index contributed by atoms with van der Waals surface area (Å²) < 4.78 is 0. The Morgan fingerprint density at radius 2 is 2.05 bits per heavy atom. The van der Waals surface area contributed by atoms with Gasteiger partial charge in [-0.2, -0.15) is 0 Å². The number of hydrogen-bond acceptors (Lipinski definition) is 1. The van der Waals surface area contributed by atoms with Gasteiger partial charge in [0.05, 0.1) is 0 Å². The molecule has 3 unspecified atom stereocenters. The summed E-state index contributed by atoms with van der Waals surface area (Å²) in [4.78, 5) is 0. The van der Waals surface area contributed by atoms with Crippen LogP contribution in [0.4, 0.5) is 0 Å². The first-order chi connectivity index (χ1) is 9.39. The van der Waals surface area contributed by atoms with Crippen molar-refractivity contribution in [1.29, 1.82) is 0 Å². The zero-order valence-corrected chi connectivity index (χ0v) is 13.0. The average Bonchev–Trinajstić information content (AvgIpc) is 2.44. The maximum absolute atomic E-state index is 9.96. The lowest BCUT2D eigenvalue weighted by molar-refractivity contribution is 0.101. The molecule has 20 heavy (non-hydrogen) atoms. The largest absolute Gasteiger partial charge is 0.508 e. The average molecular weight is 270 g/mol. The predicted molar refractivity (Wildman–Crippen MR) is 84.2 cm³/mol. The molecule has 1 aromatic carbocycles. The third kappa shape index (κ3) is 1.82. The third-order valence-electron chi connectivity index (χ3n) is 6.25. The lowest BCUT2D eigenvalue weighted by Gasteiger charge is -2.52. The Morgan fingerprint density at radius 3 is 2.75 bits per heavy atom. The van der Waals surface area contributed by atoms with Crippen molar-refractivity contribution >= 4 is 0 Å². The van der Waals surface area contributed by atoms with Gasteiger partial charge in [-0.15, -0.1) is 6.58 Å². The van der Waals surface area contributed by atoms with Crippen molar-refractivity contribution in [2.45, 2.75) is 58.3 Å². The Bertz CT molecular complexity index is 559. The summed E-state index contributed by atoms with van der Waals surface area (Å²) in [5.74, 6) is 1.20. The molecule has 2 aliphatic rings. The number of rotatable bonds is 1. The molecule has 0 heterocycles. The van der Waals surface area contributed by atoms with Gasteiger partial charge >= 0.3 is 0 Å². The fraction of sp³-hybridized carbons (Fsp3) is 0.579. The van der Waals surface area contributed by atoms with Crippen LogP contribution in [0.5, 0.6) is 5.75 Å². The van der Waals surface area contributed by atoms with E-state index in [9.17, 15) is 5.11 Å². The number of aromatic hydroxyl groups is 1. The van der Waals surface area contributed by atoms with Crippen molar-refractivity contribution < 1.29 is 5.11 Å². The Morgan fingerprint density at radius 1 is 1.30 bits per heavy atom. The molecule has 0 radical (unpaired) electrons. The summed E-state index contributed by atoms with van der Waals surface area (Å²) in [6, 6.07) is 4.07. The van der Waals surface area contributed by atoms with Crippen LogP contribution in [0, 0.1) is 18.3 Å². The number of phenols is 1. The Hall–Kier alpha value is -1.24. The molecule has 1 fully saturated rings. The van der Waals surface area contributed by atoms with Crippen LogP contribution in [-0.2, 0) is 11.8 Å². The normalized spacial score (nSPS) is 36.0. The van der Waals surface area contributed by atoms with Gasteiger partial charge in [0.25, 0.3) is 0 Å². The van der Waals surface area contributed by atoms with Gasteiger partial charge in [0.2, 0.25) is 0 Å². The van der Waals surface area contributed by atoms with Crippen molar-refractivity contribution in [1.82, 2.24) is 0 Å². The highest BCUT2D eigenvalue weighted by molar-refractivity contribution is 5.48. The fourth-order valence-electron chi connectivity index (χ4n) is 4.52. The topological polar surface area (TPSA) is 20.2 Å². The van der Waals surface area contributed by atoms with Gasteiger partial charge in [-0.3, -0.25) is 0 Å². The minimum absolute atomic E-state index is 0.286. The molecule has 0 bridgehead atoms. The smallest absolute Gasteiger partial charge is 0.118 e. The lowest BCUT2D eigenvalue weighted by atomic mass is 9.53. The first kappa shape index (κ1) is 13.7. The monoisotopic (exact) mass is 270 g/mol. The summed E-state index contributed by atoms with van der Waals surface area (Å²) in [6.07, 6.45) is 8.25. The molecular weight excluding hydrogens is 244 g/mol. The SMILES string of the molecule is C=CC1(C)CCC2(C)c3ccc(O)c(C)c3CCC2C1. The molecular formula is C19H26O. The number of fused-ring (bicyclic) bond motifs is 3. The highest BCUT2D eigenvalue weighted by Gasteiger charge is 2.47. The molecule has 0 aromatic heterocycles. The summed E-state index contributed by atoms with van der Waals surface area (Å²) in [5.41, 5.74) is 4.60. The molecule has 1 nitrogen and oxygen atoms in total. The van der Waals surface area contributed by atoms with Crippen LogP contribution in [0.2, 0.25) is 0 Å². The maximum Gasteiger partial charge on any atom is 0.118 e. The molecule has 108 valence electrons. The molecule has 1 saturated carbocycles. The van der Waals surface area contributed by atoms with E-state index >= 15 is 0 Å². The summed E-state index contributed by atoms with van der Waals surface area (Å²) >= 11 is 0. The second kappa shape index (κ2) is 4.38. The van der Waals surface area contributed by atoms with Gasteiger partial charge in [0, 0.05) is 0 Å².